The summed E-state index contributed by atoms with van der Waals surface area (Å²) < 4.78 is 3.46. The van der Waals surface area contributed by atoms with Crippen LogP contribution in [0.25, 0.3) is 5.82 Å². The minimum Gasteiger partial charge on any atom is -0.334 e. The topological polar surface area (TPSA) is 68.8 Å². The molecule has 4 rings (SSSR count). The van der Waals surface area contributed by atoms with Gasteiger partial charge in [0.2, 0.25) is 0 Å². The molecular formula is C18H26N6O. The van der Waals surface area contributed by atoms with Crippen molar-refractivity contribution in [3.63, 3.8) is 0 Å². The summed E-state index contributed by atoms with van der Waals surface area (Å²) in [6.07, 6.45) is 11.3. The second-order valence-electron chi connectivity index (χ2n) is 7.92. The average Bonchev–Trinajstić information content (AvgIpc) is 3.21. The molecule has 1 saturated heterocycles. The monoisotopic (exact) mass is 342 g/mol. The van der Waals surface area contributed by atoms with Crippen molar-refractivity contribution in [3.05, 3.63) is 24.4 Å². The predicted octanol–water partition coefficient (Wildman–Crippen LogP) is 2.43. The van der Waals surface area contributed by atoms with Crippen molar-refractivity contribution >= 4 is 5.91 Å². The lowest BCUT2D eigenvalue weighted by Crippen LogP contribution is -2.68. The molecule has 134 valence electrons. The second-order valence-corrected chi connectivity index (χ2v) is 7.92. The highest BCUT2D eigenvalue weighted by atomic mass is 16.2. The number of aryl methyl sites for hydroxylation is 1. The van der Waals surface area contributed by atoms with E-state index in [9.17, 15) is 4.79 Å². The first-order chi connectivity index (χ1) is 12.0. The van der Waals surface area contributed by atoms with Crippen LogP contribution in [0, 0.1) is 11.3 Å². The van der Waals surface area contributed by atoms with Crippen molar-refractivity contribution < 1.29 is 4.79 Å². The van der Waals surface area contributed by atoms with Gasteiger partial charge in [0.1, 0.15) is 24.0 Å². The summed E-state index contributed by atoms with van der Waals surface area (Å²) >= 11 is 0. The Bertz CT molecular complexity index is 757. The van der Waals surface area contributed by atoms with Crippen molar-refractivity contribution in [2.45, 2.75) is 52.0 Å². The summed E-state index contributed by atoms with van der Waals surface area (Å²) in [7, 11) is 1.84. The molecule has 2 aromatic heterocycles. The standard InChI is InChI=1S/C18H26N6O/c1-13(2)15-18(7-5-4-6-8-18)10-24(15)17(25)14-9-21-22(3)16(14)23-11-19-20-12-23/h9,11-13,15H,4-8,10H2,1-3H3. The quantitative estimate of drug-likeness (QED) is 0.859. The Kier molecular flexibility index (Phi) is 3.89. The normalized spacial score (nSPS) is 22.4. The molecule has 1 saturated carbocycles. The number of hydrogen-bond acceptors (Lipinski definition) is 4. The molecule has 1 atom stereocenters. The van der Waals surface area contributed by atoms with E-state index in [0.717, 1.165) is 12.4 Å². The smallest absolute Gasteiger partial charge is 0.259 e. The molecule has 1 amide bonds. The molecular weight excluding hydrogens is 316 g/mol. The van der Waals surface area contributed by atoms with Gasteiger partial charge in [0.25, 0.3) is 5.91 Å². The average molecular weight is 342 g/mol. The van der Waals surface area contributed by atoms with Gasteiger partial charge in [-0.3, -0.25) is 14.0 Å². The number of likely N-dealkylation sites (tertiary alicyclic amines) is 1. The SMILES string of the molecule is CC(C)C1N(C(=O)c2cnn(C)c2-n2cnnc2)CC12CCCCC2. The molecule has 2 fully saturated rings. The number of rotatable bonds is 3. The zero-order chi connectivity index (χ0) is 17.6. The highest BCUT2D eigenvalue weighted by molar-refractivity contribution is 5.98. The molecule has 1 aliphatic carbocycles. The number of carbonyl (C=O) groups excluding carboxylic acids is 1. The number of amides is 1. The third-order valence-corrected chi connectivity index (χ3v) is 5.99. The van der Waals surface area contributed by atoms with Gasteiger partial charge in [-0.25, -0.2) is 0 Å². The molecule has 7 nitrogen and oxygen atoms in total. The minimum absolute atomic E-state index is 0.0756. The maximum Gasteiger partial charge on any atom is 0.259 e. The van der Waals surface area contributed by atoms with E-state index in [1.54, 1.807) is 28.1 Å². The molecule has 0 radical (unpaired) electrons. The third kappa shape index (κ3) is 2.48. The van der Waals surface area contributed by atoms with E-state index in [1.807, 2.05) is 7.05 Å². The van der Waals surface area contributed by atoms with Gasteiger partial charge in [-0.05, 0) is 18.8 Å². The van der Waals surface area contributed by atoms with Crippen LogP contribution in [0.3, 0.4) is 0 Å². The number of carbonyl (C=O) groups is 1. The second kappa shape index (κ2) is 5.97. The Morgan fingerprint density at radius 3 is 2.52 bits per heavy atom. The maximum absolute atomic E-state index is 13.3. The predicted molar refractivity (Wildman–Crippen MR) is 93.3 cm³/mol. The summed E-state index contributed by atoms with van der Waals surface area (Å²) in [5, 5.41) is 12.0. The van der Waals surface area contributed by atoms with Crippen molar-refractivity contribution in [1.29, 1.82) is 0 Å². The van der Waals surface area contributed by atoms with Gasteiger partial charge >= 0.3 is 0 Å². The van der Waals surface area contributed by atoms with Crippen LogP contribution in [0.15, 0.2) is 18.9 Å². The zero-order valence-electron chi connectivity index (χ0n) is 15.2. The zero-order valence-corrected chi connectivity index (χ0v) is 15.2. The molecule has 25 heavy (non-hydrogen) atoms. The van der Waals surface area contributed by atoms with Crippen molar-refractivity contribution in [2.24, 2.45) is 18.4 Å². The summed E-state index contributed by atoms with van der Waals surface area (Å²) in [5.74, 6) is 1.26. The largest absolute Gasteiger partial charge is 0.334 e. The molecule has 1 spiro atoms. The summed E-state index contributed by atoms with van der Waals surface area (Å²) in [6.45, 7) is 5.36. The fourth-order valence-electron chi connectivity index (χ4n) is 5.08. The van der Waals surface area contributed by atoms with Crippen LogP contribution in [-0.4, -0.2) is 47.9 Å². The van der Waals surface area contributed by atoms with Crippen molar-refractivity contribution in [3.8, 4) is 5.82 Å². The van der Waals surface area contributed by atoms with Crippen LogP contribution >= 0.6 is 0 Å². The third-order valence-electron chi connectivity index (χ3n) is 5.99. The lowest BCUT2D eigenvalue weighted by molar-refractivity contribution is -0.0942. The first-order valence-corrected chi connectivity index (χ1v) is 9.21. The molecule has 2 aromatic rings. The van der Waals surface area contributed by atoms with E-state index < -0.39 is 0 Å². The van der Waals surface area contributed by atoms with Crippen LogP contribution in [-0.2, 0) is 7.05 Å². The Labute approximate surface area is 148 Å². The molecule has 2 aliphatic rings. The van der Waals surface area contributed by atoms with Crippen LogP contribution in [0.2, 0.25) is 0 Å². The highest BCUT2D eigenvalue weighted by Crippen LogP contribution is 2.52. The highest BCUT2D eigenvalue weighted by Gasteiger charge is 2.55. The van der Waals surface area contributed by atoms with Gasteiger partial charge in [0.15, 0.2) is 0 Å². The Balaban J connectivity index is 1.64. The Morgan fingerprint density at radius 1 is 1.20 bits per heavy atom. The Hall–Kier alpha value is -2.18. The van der Waals surface area contributed by atoms with Gasteiger partial charge in [-0.15, -0.1) is 10.2 Å². The van der Waals surface area contributed by atoms with E-state index in [4.69, 9.17) is 0 Å². The molecule has 0 bridgehead atoms. The van der Waals surface area contributed by atoms with Crippen LogP contribution in [0.1, 0.15) is 56.3 Å². The number of nitrogens with zero attached hydrogens (tertiary/aromatic N) is 6. The number of aromatic nitrogens is 5. The van der Waals surface area contributed by atoms with Crippen LogP contribution in [0.4, 0.5) is 0 Å². The van der Waals surface area contributed by atoms with E-state index in [-0.39, 0.29) is 5.91 Å². The number of hydrogen-bond donors (Lipinski definition) is 0. The molecule has 7 heteroatoms. The fraction of sp³-hybridized carbons (Fsp3) is 0.667. The maximum atomic E-state index is 13.3. The van der Waals surface area contributed by atoms with Gasteiger partial charge in [0.05, 0.1) is 6.20 Å². The van der Waals surface area contributed by atoms with Crippen LogP contribution in [0.5, 0.6) is 0 Å². The van der Waals surface area contributed by atoms with E-state index >= 15 is 0 Å². The van der Waals surface area contributed by atoms with Crippen molar-refractivity contribution in [2.75, 3.05) is 6.54 Å². The van der Waals surface area contributed by atoms with E-state index in [0.29, 0.717) is 22.9 Å². The molecule has 1 aliphatic heterocycles. The summed E-state index contributed by atoms with van der Waals surface area (Å²) in [4.78, 5) is 15.4. The molecule has 3 heterocycles. The lowest BCUT2D eigenvalue weighted by atomic mass is 9.59. The molecule has 0 aromatic carbocycles. The van der Waals surface area contributed by atoms with Crippen LogP contribution < -0.4 is 0 Å². The lowest BCUT2D eigenvalue weighted by Gasteiger charge is -2.61. The summed E-state index contributed by atoms with van der Waals surface area (Å²) in [5.41, 5.74) is 0.958. The first kappa shape index (κ1) is 16.3. The van der Waals surface area contributed by atoms with E-state index in [1.165, 1.54) is 32.1 Å². The Morgan fingerprint density at radius 2 is 1.88 bits per heavy atom. The molecule has 1 unspecified atom stereocenters. The fourth-order valence-corrected chi connectivity index (χ4v) is 5.08. The minimum atomic E-state index is 0.0756. The van der Waals surface area contributed by atoms with Gasteiger partial charge < -0.3 is 4.90 Å². The van der Waals surface area contributed by atoms with E-state index in [2.05, 4.69) is 34.0 Å². The summed E-state index contributed by atoms with van der Waals surface area (Å²) in [6, 6.07) is 0.328. The van der Waals surface area contributed by atoms with Crippen molar-refractivity contribution in [1.82, 2.24) is 29.4 Å². The first-order valence-electron chi connectivity index (χ1n) is 9.21. The van der Waals surface area contributed by atoms with Gasteiger partial charge in [-0.2, -0.15) is 5.10 Å². The van der Waals surface area contributed by atoms with Gasteiger partial charge in [-0.1, -0.05) is 33.1 Å². The molecule has 0 N–H and O–H groups in total. The van der Waals surface area contributed by atoms with Gasteiger partial charge in [0, 0.05) is 25.0 Å².